The predicted molar refractivity (Wildman–Crippen MR) is 107 cm³/mol. The van der Waals surface area contributed by atoms with Crippen molar-refractivity contribution in [3.63, 3.8) is 0 Å². The Balaban J connectivity index is 1.67. The SMILES string of the molecule is CCc1ccc(N2C(=O)N(Cc3ccc(Cl)cc3)[C@H]3CS(=O)(=O)C[C@H]32)cc1. The minimum Gasteiger partial charge on any atom is -0.314 e. The molecule has 4 rings (SSSR count). The van der Waals surface area contributed by atoms with Crippen LogP contribution in [0.5, 0.6) is 0 Å². The number of benzene rings is 2. The normalized spacial score (nSPS) is 23.7. The third kappa shape index (κ3) is 3.44. The van der Waals surface area contributed by atoms with E-state index in [1.807, 2.05) is 36.4 Å². The molecule has 2 atom stereocenters. The maximum atomic E-state index is 13.2. The lowest BCUT2D eigenvalue weighted by atomic mass is 10.1. The second-order valence-electron chi connectivity index (χ2n) is 7.14. The van der Waals surface area contributed by atoms with Gasteiger partial charge in [0, 0.05) is 17.3 Å². The van der Waals surface area contributed by atoms with Gasteiger partial charge >= 0.3 is 6.03 Å². The van der Waals surface area contributed by atoms with Gasteiger partial charge in [0.15, 0.2) is 9.84 Å². The van der Waals surface area contributed by atoms with Crippen molar-refractivity contribution >= 4 is 33.2 Å². The highest BCUT2D eigenvalue weighted by Gasteiger charge is 2.53. The average Bonchev–Trinajstić information content (AvgIpc) is 3.07. The van der Waals surface area contributed by atoms with E-state index in [1.54, 1.807) is 21.9 Å². The van der Waals surface area contributed by atoms with Crippen LogP contribution in [-0.2, 0) is 22.8 Å². The number of carbonyl (C=O) groups is 1. The van der Waals surface area contributed by atoms with Gasteiger partial charge in [-0.15, -0.1) is 0 Å². The molecule has 5 nitrogen and oxygen atoms in total. The van der Waals surface area contributed by atoms with Gasteiger partial charge in [0.1, 0.15) is 0 Å². The minimum atomic E-state index is -3.17. The fraction of sp³-hybridized carbons (Fsp3) is 0.350. The monoisotopic (exact) mass is 404 g/mol. The molecule has 2 amide bonds. The van der Waals surface area contributed by atoms with Gasteiger partial charge in [-0.1, -0.05) is 42.8 Å². The lowest BCUT2D eigenvalue weighted by Crippen LogP contribution is -2.37. The highest BCUT2D eigenvalue weighted by molar-refractivity contribution is 7.91. The first kappa shape index (κ1) is 18.3. The zero-order chi connectivity index (χ0) is 19.2. The van der Waals surface area contributed by atoms with Crippen LogP contribution in [0.4, 0.5) is 10.5 Å². The predicted octanol–water partition coefficient (Wildman–Crippen LogP) is 3.51. The second kappa shape index (κ2) is 6.84. The summed E-state index contributed by atoms with van der Waals surface area (Å²) in [5.41, 5.74) is 2.86. The van der Waals surface area contributed by atoms with Gasteiger partial charge in [0.05, 0.1) is 23.6 Å². The number of hydrogen-bond acceptors (Lipinski definition) is 3. The molecule has 2 heterocycles. The third-order valence-electron chi connectivity index (χ3n) is 5.37. The Morgan fingerprint density at radius 2 is 1.56 bits per heavy atom. The molecule has 0 saturated carbocycles. The maximum Gasteiger partial charge on any atom is 0.325 e. The summed E-state index contributed by atoms with van der Waals surface area (Å²) in [7, 11) is -3.17. The number of carbonyl (C=O) groups excluding carboxylic acids is 1. The number of rotatable bonds is 4. The fourth-order valence-corrected chi connectivity index (χ4v) is 6.02. The quantitative estimate of drug-likeness (QED) is 0.732. The molecule has 0 radical (unpaired) electrons. The summed E-state index contributed by atoms with van der Waals surface area (Å²) < 4.78 is 24.6. The highest BCUT2D eigenvalue weighted by Crippen LogP contribution is 2.36. The van der Waals surface area contributed by atoms with Crippen LogP contribution in [-0.4, -0.2) is 42.9 Å². The molecular weight excluding hydrogens is 384 g/mol. The molecule has 0 spiro atoms. The molecule has 2 aliphatic heterocycles. The van der Waals surface area contributed by atoms with E-state index in [-0.39, 0.29) is 29.6 Å². The molecule has 0 aromatic heterocycles. The van der Waals surface area contributed by atoms with Gasteiger partial charge in [-0.2, -0.15) is 0 Å². The maximum absolute atomic E-state index is 13.2. The number of anilines is 1. The van der Waals surface area contributed by atoms with Gasteiger partial charge in [0.25, 0.3) is 0 Å². The van der Waals surface area contributed by atoms with Crippen molar-refractivity contribution < 1.29 is 13.2 Å². The van der Waals surface area contributed by atoms with Crippen LogP contribution >= 0.6 is 11.6 Å². The first-order valence-corrected chi connectivity index (χ1v) is 11.2. The number of fused-ring (bicyclic) bond motifs is 1. The van der Waals surface area contributed by atoms with Crippen molar-refractivity contribution in [3.05, 3.63) is 64.7 Å². The zero-order valence-electron chi connectivity index (χ0n) is 15.0. The first-order valence-electron chi connectivity index (χ1n) is 9.01. The third-order valence-corrected chi connectivity index (χ3v) is 7.32. The van der Waals surface area contributed by atoms with Crippen molar-refractivity contribution in [3.8, 4) is 0 Å². The summed E-state index contributed by atoms with van der Waals surface area (Å²) in [6.45, 7) is 2.44. The van der Waals surface area contributed by atoms with E-state index >= 15 is 0 Å². The van der Waals surface area contributed by atoms with Crippen molar-refractivity contribution in [1.29, 1.82) is 0 Å². The molecule has 2 aromatic rings. The Labute approximate surface area is 164 Å². The van der Waals surface area contributed by atoms with E-state index in [4.69, 9.17) is 11.6 Å². The average molecular weight is 405 g/mol. The molecular formula is C20H21ClN2O3S. The Hall–Kier alpha value is -2.05. The van der Waals surface area contributed by atoms with Crippen LogP contribution in [0.1, 0.15) is 18.1 Å². The lowest BCUT2D eigenvalue weighted by molar-refractivity contribution is 0.206. The lowest BCUT2D eigenvalue weighted by Gasteiger charge is -2.23. The van der Waals surface area contributed by atoms with Crippen molar-refractivity contribution in [1.82, 2.24) is 4.90 Å². The molecule has 27 heavy (non-hydrogen) atoms. The van der Waals surface area contributed by atoms with Gasteiger partial charge in [-0.25, -0.2) is 13.2 Å². The van der Waals surface area contributed by atoms with Crippen LogP contribution in [0.25, 0.3) is 0 Å². The molecule has 0 bridgehead atoms. The molecule has 2 aliphatic rings. The summed E-state index contributed by atoms with van der Waals surface area (Å²) in [5, 5.41) is 0.630. The number of nitrogens with zero attached hydrogens (tertiary/aromatic N) is 2. The van der Waals surface area contributed by atoms with Crippen LogP contribution < -0.4 is 4.90 Å². The molecule has 2 aromatic carbocycles. The summed E-state index contributed by atoms with van der Waals surface area (Å²) in [4.78, 5) is 16.5. The van der Waals surface area contributed by atoms with Crippen LogP contribution in [0.15, 0.2) is 48.5 Å². The summed E-state index contributed by atoms with van der Waals surface area (Å²) >= 11 is 5.94. The molecule has 2 fully saturated rings. The molecule has 0 N–H and O–H groups in total. The van der Waals surface area contributed by atoms with E-state index in [1.165, 1.54) is 5.56 Å². The van der Waals surface area contributed by atoms with Crippen LogP contribution in [0.3, 0.4) is 0 Å². The van der Waals surface area contributed by atoms with Crippen molar-refractivity contribution in [2.45, 2.75) is 32.0 Å². The zero-order valence-corrected chi connectivity index (χ0v) is 16.6. The smallest absolute Gasteiger partial charge is 0.314 e. The second-order valence-corrected chi connectivity index (χ2v) is 9.73. The van der Waals surface area contributed by atoms with Crippen molar-refractivity contribution in [2.75, 3.05) is 16.4 Å². The number of amides is 2. The topological polar surface area (TPSA) is 57.7 Å². The standard InChI is InChI=1S/C20H21ClN2O3S/c1-2-14-5-9-17(10-6-14)23-19-13-27(25,26)12-18(19)22(20(23)24)11-15-3-7-16(21)8-4-15/h3-10,18-19H,2,11-13H2,1H3/t18-,19+/m0/s1. The fourth-order valence-electron chi connectivity index (χ4n) is 3.94. The molecule has 0 aliphatic carbocycles. The van der Waals surface area contributed by atoms with E-state index in [0.29, 0.717) is 11.6 Å². The number of halogens is 1. The molecule has 142 valence electrons. The number of aryl methyl sites for hydroxylation is 1. The van der Waals surface area contributed by atoms with E-state index < -0.39 is 9.84 Å². The molecule has 2 saturated heterocycles. The number of hydrogen-bond donors (Lipinski definition) is 0. The Morgan fingerprint density at radius 3 is 2.19 bits per heavy atom. The Morgan fingerprint density at radius 1 is 0.963 bits per heavy atom. The molecule has 0 unspecified atom stereocenters. The summed E-state index contributed by atoms with van der Waals surface area (Å²) in [6.07, 6.45) is 0.914. The van der Waals surface area contributed by atoms with Gasteiger partial charge in [-0.3, -0.25) is 4.90 Å². The number of urea groups is 1. The largest absolute Gasteiger partial charge is 0.325 e. The first-order chi connectivity index (χ1) is 12.9. The Bertz CT molecular complexity index is 958. The Kier molecular flexibility index (Phi) is 4.64. The molecule has 7 heteroatoms. The van der Waals surface area contributed by atoms with E-state index in [0.717, 1.165) is 17.7 Å². The van der Waals surface area contributed by atoms with Crippen LogP contribution in [0.2, 0.25) is 5.02 Å². The number of sulfone groups is 1. The minimum absolute atomic E-state index is 0.00997. The van der Waals surface area contributed by atoms with Crippen molar-refractivity contribution in [2.24, 2.45) is 0 Å². The highest BCUT2D eigenvalue weighted by atomic mass is 35.5. The summed E-state index contributed by atoms with van der Waals surface area (Å²) in [5.74, 6) is 0.0244. The van der Waals surface area contributed by atoms with E-state index in [2.05, 4.69) is 6.92 Å². The van der Waals surface area contributed by atoms with Crippen LogP contribution in [0, 0.1) is 0 Å². The van der Waals surface area contributed by atoms with Gasteiger partial charge in [-0.05, 0) is 41.8 Å². The van der Waals surface area contributed by atoms with Gasteiger partial charge in [0.2, 0.25) is 0 Å². The van der Waals surface area contributed by atoms with E-state index in [9.17, 15) is 13.2 Å². The van der Waals surface area contributed by atoms with Gasteiger partial charge < -0.3 is 4.90 Å². The summed E-state index contributed by atoms with van der Waals surface area (Å²) in [6, 6.07) is 14.3.